The van der Waals surface area contributed by atoms with E-state index in [1.807, 2.05) is 0 Å². The van der Waals surface area contributed by atoms with Gasteiger partial charge in [-0.05, 0) is 24.3 Å². The number of hydrogen-bond donors (Lipinski definition) is 1. The third kappa shape index (κ3) is 4.61. The molecule has 0 saturated carbocycles. The highest BCUT2D eigenvalue weighted by molar-refractivity contribution is 6.30. The van der Waals surface area contributed by atoms with Crippen molar-refractivity contribution in [1.82, 2.24) is 4.90 Å². The number of morpholine rings is 1. The van der Waals surface area contributed by atoms with E-state index in [-0.39, 0.29) is 25.5 Å². The molecule has 1 heterocycles. The fraction of sp³-hybridized carbons (Fsp3) is 0.429. The number of aliphatic carboxylic acids is 1. The van der Waals surface area contributed by atoms with E-state index in [1.54, 1.807) is 24.3 Å². The molecule has 1 fully saturated rings. The topological polar surface area (TPSA) is 76.1 Å². The number of ether oxygens (including phenoxy) is 2. The van der Waals surface area contributed by atoms with Crippen LogP contribution in [0.25, 0.3) is 0 Å². The molecule has 1 aliphatic heterocycles. The molecule has 1 atom stereocenters. The molecule has 1 aliphatic rings. The van der Waals surface area contributed by atoms with E-state index in [0.29, 0.717) is 23.9 Å². The van der Waals surface area contributed by atoms with Crippen molar-refractivity contribution in [2.24, 2.45) is 0 Å². The zero-order chi connectivity index (χ0) is 15.2. The van der Waals surface area contributed by atoms with Gasteiger partial charge >= 0.3 is 5.97 Å². The van der Waals surface area contributed by atoms with E-state index < -0.39 is 12.0 Å². The Morgan fingerprint density at radius 2 is 2.10 bits per heavy atom. The fourth-order valence-electron chi connectivity index (χ4n) is 2.11. The van der Waals surface area contributed by atoms with Crippen LogP contribution >= 0.6 is 11.6 Å². The molecule has 6 nitrogen and oxygen atoms in total. The van der Waals surface area contributed by atoms with Gasteiger partial charge in [-0.1, -0.05) is 11.6 Å². The number of amides is 1. The van der Waals surface area contributed by atoms with Gasteiger partial charge in [0.05, 0.1) is 25.7 Å². The van der Waals surface area contributed by atoms with Crippen molar-refractivity contribution in [3.8, 4) is 5.75 Å². The van der Waals surface area contributed by atoms with Crippen molar-refractivity contribution >= 4 is 23.5 Å². The predicted octanol–water partition coefficient (Wildman–Crippen LogP) is 1.42. The summed E-state index contributed by atoms with van der Waals surface area (Å²) >= 11 is 5.76. The number of nitrogens with zero attached hydrogens (tertiary/aromatic N) is 1. The van der Waals surface area contributed by atoms with Crippen molar-refractivity contribution in [3.05, 3.63) is 29.3 Å². The first-order valence-corrected chi connectivity index (χ1v) is 6.91. The van der Waals surface area contributed by atoms with E-state index in [9.17, 15) is 9.59 Å². The summed E-state index contributed by atoms with van der Waals surface area (Å²) in [5.41, 5.74) is 0. The molecule has 114 valence electrons. The summed E-state index contributed by atoms with van der Waals surface area (Å²) < 4.78 is 10.6. The van der Waals surface area contributed by atoms with Crippen molar-refractivity contribution in [1.29, 1.82) is 0 Å². The number of benzene rings is 1. The monoisotopic (exact) mass is 313 g/mol. The molecule has 1 N–H and O–H groups in total. The molecule has 1 aromatic carbocycles. The molecule has 0 aromatic heterocycles. The largest absolute Gasteiger partial charge is 0.484 e. The SMILES string of the molecule is O=C(O)CC1COCCN1C(=O)COc1ccc(Cl)cc1. The average Bonchev–Trinajstić information content (AvgIpc) is 2.46. The van der Waals surface area contributed by atoms with E-state index in [0.717, 1.165) is 0 Å². The lowest BCUT2D eigenvalue weighted by molar-refractivity contribution is -0.147. The molecule has 1 unspecified atom stereocenters. The second kappa shape index (κ2) is 7.28. The normalized spacial score (nSPS) is 18.3. The molecule has 0 bridgehead atoms. The summed E-state index contributed by atoms with van der Waals surface area (Å²) in [5.74, 6) is -0.669. The highest BCUT2D eigenvalue weighted by atomic mass is 35.5. The molecular weight excluding hydrogens is 298 g/mol. The summed E-state index contributed by atoms with van der Waals surface area (Å²) in [6.07, 6.45) is -0.132. The summed E-state index contributed by atoms with van der Waals surface area (Å²) in [5, 5.41) is 9.45. The molecule has 0 radical (unpaired) electrons. The maximum Gasteiger partial charge on any atom is 0.305 e. The molecule has 1 aromatic rings. The first-order chi connectivity index (χ1) is 10.1. The molecule has 1 amide bonds. The van der Waals surface area contributed by atoms with Crippen molar-refractivity contribution in [2.45, 2.75) is 12.5 Å². The van der Waals surface area contributed by atoms with Crippen LogP contribution in [0.3, 0.4) is 0 Å². The maximum atomic E-state index is 12.2. The fourth-order valence-corrected chi connectivity index (χ4v) is 2.24. The van der Waals surface area contributed by atoms with Crippen LogP contribution in [0.1, 0.15) is 6.42 Å². The highest BCUT2D eigenvalue weighted by Crippen LogP contribution is 2.16. The van der Waals surface area contributed by atoms with Gasteiger partial charge in [0, 0.05) is 11.6 Å². The number of carbonyl (C=O) groups is 2. The zero-order valence-electron chi connectivity index (χ0n) is 11.3. The molecule has 1 saturated heterocycles. The quantitative estimate of drug-likeness (QED) is 0.889. The molecule has 7 heteroatoms. The average molecular weight is 314 g/mol. The lowest BCUT2D eigenvalue weighted by Crippen LogP contribution is -2.51. The molecule has 0 spiro atoms. The Bertz CT molecular complexity index is 505. The Labute approximate surface area is 127 Å². The van der Waals surface area contributed by atoms with Gasteiger partial charge in [-0.2, -0.15) is 0 Å². The number of carbonyl (C=O) groups excluding carboxylic acids is 1. The summed E-state index contributed by atoms with van der Waals surface area (Å²) in [7, 11) is 0. The summed E-state index contributed by atoms with van der Waals surface area (Å²) in [6, 6.07) is 6.23. The van der Waals surface area contributed by atoms with Gasteiger partial charge < -0.3 is 19.5 Å². The number of halogens is 1. The van der Waals surface area contributed by atoms with Crippen LogP contribution in [0.4, 0.5) is 0 Å². The number of hydrogen-bond acceptors (Lipinski definition) is 4. The molecule has 0 aliphatic carbocycles. The van der Waals surface area contributed by atoms with Crippen LogP contribution in [0.2, 0.25) is 5.02 Å². The Morgan fingerprint density at radius 1 is 1.38 bits per heavy atom. The van der Waals surface area contributed by atoms with Crippen molar-refractivity contribution in [3.63, 3.8) is 0 Å². The number of rotatable bonds is 5. The van der Waals surface area contributed by atoms with Crippen LogP contribution in [0, 0.1) is 0 Å². The minimum Gasteiger partial charge on any atom is -0.484 e. The number of carboxylic acids is 1. The van der Waals surface area contributed by atoms with Crippen molar-refractivity contribution in [2.75, 3.05) is 26.4 Å². The third-order valence-electron chi connectivity index (χ3n) is 3.13. The first-order valence-electron chi connectivity index (χ1n) is 6.53. The first kappa shape index (κ1) is 15.6. The Morgan fingerprint density at radius 3 is 2.76 bits per heavy atom. The summed E-state index contributed by atoms with van der Waals surface area (Å²) in [4.78, 5) is 24.5. The van der Waals surface area contributed by atoms with E-state index in [4.69, 9.17) is 26.2 Å². The Hall–Kier alpha value is -1.79. The highest BCUT2D eigenvalue weighted by Gasteiger charge is 2.29. The summed E-state index contributed by atoms with van der Waals surface area (Å²) in [6.45, 7) is 0.875. The van der Waals surface area contributed by atoms with Gasteiger partial charge in [0.25, 0.3) is 5.91 Å². The van der Waals surface area contributed by atoms with Crippen LogP contribution in [0.5, 0.6) is 5.75 Å². The Kier molecular flexibility index (Phi) is 5.41. The van der Waals surface area contributed by atoms with Gasteiger partial charge in [-0.25, -0.2) is 0 Å². The lowest BCUT2D eigenvalue weighted by Gasteiger charge is -2.34. The van der Waals surface area contributed by atoms with Gasteiger partial charge in [0.15, 0.2) is 6.61 Å². The Balaban J connectivity index is 1.91. The second-order valence-electron chi connectivity index (χ2n) is 4.66. The van der Waals surface area contributed by atoms with Gasteiger partial charge in [0.2, 0.25) is 0 Å². The van der Waals surface area contributed by atoms with Crippen LogP contribution < -0.4 is 4.74 Å². The lowest BCUT2D eigenvalue weighted by atomic mass is 10.1. The standard InChI is InChI=1S/C14H16ClNO5/c15-10-1-3-12(4-2-10)21-9-13(17)16-5-6-20-8-11(16)7-14(18)19/h1-4,11H,5-9H2,(H,18,19). The van der Waals surface area contributed by atoms with Crippen LogP contribution in [-0.2, 0) is 14.3 Å². The molecular formula is C14H16ClNO5. The zero-order valence-corrected chi connectivity index (χ0v) is 12.1. The maximum absolute atomic E-state index is 12.2. The van der Waals surface area contributed by atoms with E-state index >= 15 is 0 Å². The number of carboxylic acid groups (broad SMARTS) is 1. The molecule has 21 heavy (non-hydrogen) atoms. The minimum atomic E-state index is -0.957. The van der Waals surface area contributed by atoms with Crippen LogP contribution in [0.15, 0.2) is 24.3 Å². The van der Waals surface area contributed by atoms with Crippen molar-refractivity contribution < 1.29 is 24.2 Å². The van der Waals surface area contributed by atoms with Gasteiger partial charge in [0.1, 0.15) is 5.75 Å². The van der Waals surface area contributed by atoms with E-state index in [1.165, 1.54) is 4.90 Å². The third-order valence-corrected chi connectivity index (χ3v) is 3.39. The molecule has 2 rings (SSSR count). The van der Waals surface area contributed by atoms with Gasteiger partial charge in [-0.15, -0.1) is 0 Å². The second-order valence-corrected chi connectivity index (χ2v) is 5.09. The van der Waals surface area contributed by atoms with Crippen LogP contribution in [-0.4, -0.2) is 54.3 Å². The van der Waals surface area contributed by atoms with Gasteiger partial charge in [-0.3, -0.25) is 9.59 Å². The minimum absolute atomic E-state index is 0.132. The predicted molar refractivity (Wildman–Crippen MR) is 75.5 cm³/mol. The van der Waals surface area contributed by atoms with E-state index in [2.05, 4.69) is 0 Å². The smallest absolute Gasteiger partial charge is 0.305 e.